The van der Waals surface area contributed by atoms with Crippen LogP contribution in [0.3, 0.4) is 0 Å². The van der Waals surface area contributed by atoms with Crippen LogP contribution in [0.15, 0.2) is 10.8 Å². The second kappa shape index (κ2) is 5.14. The van der Waals surface area contributed by atoms with Gasteiger partial charge in [-0.3, -0.25) is 0 Å². The van der Waals surface area contributed by atoms with Crippen LogP contribution in [0.25, 0.3) is 0 Å². The summed E-state index contributed by atoms with van der Waals surface area (Å²) in [5.74, 6) is -0.158. The van der Waals surface area contributed by atoms with Gasteiger partial charge in [0.1, 0.15) is 5.76 Å². The van der Waals surface area contributed by atoms with E-state index < -0.39 is 5.97 Å². The van der Waals surface area contributed by atoms with Crippen molar-refractivity contribution < 1.29 is 14.3 Å². The van der Waals surface area contributed by atoms with E-state index >= 15 is 0 Å². The summed E-state index contributed by atoms with van der Waals surface area (Å²) in [5.41, 5.74) is 0.102. The van der Waals surface area contributed by atoms with Crippen LogP contribution >= 0.6 is 0 Å². The topological polar surface area (TPSA) is 63.3 Å². The Hall–Kier alpha value is -1.32. The SMILES string of the molecule is O=C(O)c1ncoc1C1CCCCCCC1. The van der Waals surface area contributed by atoms with Crippen molar-refractivity contribution in [2.24, 2.45) is 0 Å². The highest BCUT2D eigenvalue weighted by atomic mass is 16.4. The minimum atomic E-state index is -0.981. The van der Waals surface area contributed by atoms with E-state index in [-0.39, 0.29) is 11.6 Å². The molecule has 16 heavy (non-hydrogen) atoms. The van der Waals surface area contributed by atoms with Gasteiger partial charge in [0.05, 0.1) is 0 Å². The molecule has 1 saturated carbocycles. The van der Waals surface area contributed by atoms with Gasteiger partial charge in [0.15, 0.2) is 12.1 Å². The first kappa shape index (κ1) is 11.2. The minimum absolute atomic E-state index is 0.102. The van der Waals surface area contributed by atoms with Gasteiger partial charge >= 0.3 is 5.97 Å². The number of carbonyl (C=O) groups is 1. The standard InChI is InChI=1S/C12H17NO3/c14-12(15)10-11(16-8-13-10)9-6-4-2-1-3-5-7-9/h8-9H,1-7H2,(H,14,15). The van der Waals surface area contributed by atoms with Crippen LogP contribution in [0.2, 0.25) is 0 Å². The van der Waals surface area contributed by atoms with Crippen LogP contribution in [-0.2, 0) is 0 Å². The van der Waals surface area contributed by atoms with Crippen LogP contribution in [-0.4, -0.2) is 16.1 Å². The molecule has 88 valence electrons. The highest BCUT2D eigenvalue weighted by Gasteiger charge is 2.24. The summed E-state index contributed by atoms with van der Waals surface area (Å²) < 4.78 is 5.27. The fraction of sp³-hybridized carbons (Fsp3) is 0.667. The largest absolute Gasteiger partial charge is 0.476 e. The second-order valence-corrected chi connectivity index (χ2v) is 4.41. The zero-order valence-corrected chi connectivity index (χ0v) is 9.32. The predicted octanol–water partition coefficient (Wildman–Crippen LogP) is 3.20. The first-order valence-corrected chi connectivity index (χ1v) is 5.95. The molecule has 4 nitrogen and oxygen atoms in total. The number of carboxylic acids is 1. The molecule has 1 fully saturated rings. The maximum atomic E-state index is 11.0. The highest BCUT2D eigenvalue weighted by molar-refractivity contribution is 5.86. The van der Waals surface area contributed by atoms with Crippen molar-refractivity contribution in [3.8, 4) is 0 Å². The van der Waals surface area contributed by atoms with E-state index in [0.29, 0.717) is 5.76 Å². The number of hydrogen-bond acceptors (Lipinski definition) is 3. The molecule has 1 heterocycles. The van der Waals surface area contributed by atoms with Crippen LogP contribution in [0.4, 0.5) is 0 Å². The van der Waals surface area contributed by atoms with Crippen LogP contribution < -0.4 is 0 Å². The summed E-state index contributed by atoms with van der Waals surface area (Å²) in [7, 11) is 0. The molecule has 0 aliphatic heterocycles. The lowest BCUT2D eigenvalue weighted by Gasteiger charge is -2.17. The summed E-state index contributed by atoms with van der Waals surface area (Å²) in [6.07, 6.45) is 9.40. The Morgan fingerprint density at radius 2 is 1.88 bits per heavy atom. The molecule has 0 radical (unpaired) electrons. The van der Waals surface area contributed by atoms with Crippen molar-refractivity contribution in [1.82, 2.24) is 4.98 Å². The molecule has 1 N–H and O–H groups in total. The molecule has 0 unspecified atom stereocenters. The molecule has 1 aromatic heterocycles. The molecule has 1 aromatic rings. The van der Waals surface area contributed by atoms with E-state index in [1.54, 1.807) is 0 Å². The van der Waals surface area contributed by atoms with E-state index in [9.17, 15) is 4.79 Å². The average molecular weight is 223 g/mol. The van der Waals surface area contributed by atoms with Crippen LogP contribution in [0, 0.1) is 0 Å². The molecule has 0 aromatic carbocycles. The van der Waals surface area contributed by atoms with Gasteiger partial charge in [0, 0.05) is 5.92 Å². The molecule has 0 saturated heterocycles. The van der Waals surface area contributed by atoms with Gasteiger partial charge in [0.2, 0.25) is 0 Å². The summed E-state index contributed by atoms with van der Waals surface area (Å²) in [6, 6.07) is 0. The summed E-state index contributed by atoms with van der Waals surface area (Å²) in [5, 5.41) is 8.99. The Morgan fingerprint density at radius 1 is 1.25 bits per heavy atom. The molecule has 0 spiro atoms. The maximum absolute atomic E-state index is 11.0. The van der Waals surface area contributed by atoms with E-state index in [1.807, 2.05) is 0 Å². The van der Waals surface area contributed by atoms with Crippen molar-refractivity contribution in [2.45, 2.75) is 50.9 Å². The third-order valence-electron chi connectivity index (χ3n) is 3.27. The number of carboxylic acid groups (broad SMARTS) is 1. The second-order valence-electron chi connectivity index (χ2n) is 4.41. The van der Waals surface area contributed by atoms with Crippen molar-refractivity contribution in [2.75, 3.05) is 0 Å². The Balaban J connectivity index is 2.14. The summed E-state index contributed by atoms with van der Waals surface area (Å²) in [4.78, 5) is 14.7. The molecular formula is C12H17NO3. The van der Waals surface area contributed by atoms with Gasteiger partial charge in [-0.1, -0.05) is 32.1 Å². The fourth-order valence-corrected chi connectivity index (χ4v) is 2.42. The maximum Gasteiger partial charge on any atom is 0.358 e. The lowest BCUT2D eigenvalue weighted by Crippen LogP contribution is -2.08. The van der Waals surface area contributed by atoms with E-state index in [1.165, 1.54) is 25.7 Å². The van der Waals surface area contributed by atoms with E-state index in [4.69, 9.17) is 9.52 Å². The van der Waals surface area contributed by atoms with Crippen molar-refractivity contribution in [3.05, 3.63) is 17.8 Å². The molecule has 4 heteroatoms. The monoisotopic (exact) mass is 223 g/mol. The Bertz CT molecular complexity index is 351. The number of rotatable bonds is 2. The van der Waals surface area contributed by atoms with Gasteiger partial charge in [-0.15, -0.1) is 0 Å². The third-order valence-corrected chi connectivity index (χ3v) is 3.27. The average Bonchev–Trinajstić information content (AvgIpc) is 2.65. The number of oxazole rings is 1. The van der Waals surface area contributed by atoms with E-state index in [2.05, 4.69) is 4.98 Å². The number of hydrogen-bond donors (Lipinski definition) is 1. The minimum Gasteiger partial charge on any atom is -0.476 e. The zero-order valence-electron chi connectivity index (χ0n) is 9.32. The number of aromatic carboxylic acids is 1. The van der Waals surface area contributed by atoms with Gasteiger partial charge in [0.25, 0.3) is 0 Å². The zero-order chi connectivity index (χ0) is 11.4. The molecule has 0 bridgehead atoms. The Labute approximate surface area is 94.7 Å². The Kier molecular flexibility index (Phi) is 3.59. The number of aromatic nitrogens is 1. The van der Waals surface area contributed by atoms with Gasteiger partial charge < -0.3 is 9.52 Å². The molecule has 1 aliphatic carbocycles. The van der Waals surface area contributed by atoms with Gasteiger partial charge in [-0.25, -0.2) is 9.78 Å². The van der Waals surface area contributed by atoms with Crippen molar-refractivity contribution in [1.29, 1.82) is 0 Å². The number of nitrogens with zero attached hydrogens (tertiary/aromatic N) is 1. The summed E-state index contributed by atoms with van der Waals surface area (Å²) >= 11 is 0. The van der Waals surface area contributed by atoms with Crippen LogP contribution in [0.1, 0.15) is 67.1 Å². The third kappa shape index (κ3) is 2.43. The lowest BCUT2D eigenvalue weighted by atomic mass is 9.89. The summed E-state index contributed by atoms with van der Waals surface area (Å²) in [6.45, 7) is 0. The fourth-order valence-electron chi connectivity index (χ4n) is 2.42. The van der Waals surface area contributed by atoms with Crippen LogP contribution in [0.5, 0.6) is 0 Å². The normalized spacial score (nSPS) is 19.0. The molecule has 1 aliphatic rings. The predicted molar refractivity (Wildman–Crippen MR) is 58.5 cm³/mol. The molecule has 0 amide bonds. The van der Waals surface area contributed by atoms with Crippen molar-refractivity contribution >= 4 is 5.97 Å². The van der Waals surface area contributed by atoms with Gasteiger partial charge in [-0.2, -0.15) is 0 Å². The van der Waals surface area contributed by atoms with Crippen molar-refractivity contribution in [3.63, 3.8) is 0 Å². The highest BCUT2D eigenvalue weighted by Crippen LogP contribution is 2.32. The Morgan fingerprint density at radius 3 is 2.50 bits per heavy atom. The molecule has 0 atom stereocenters. The van der Waals surface area contributed by atoms with Gasteiger partial charge in [-0.05, 0) is 12.8 Å². The molecule has 2 rings (SSSR count). The van der Waals surface area contributed by atoms with E-state index in [0.717, 1.165) is 25.7 Å². The first-order valence-electron chi connectivity index (χ1n) is 5.95. The molecular weight excluding hydrogens is 206 g/mol. The lowest BCUT2D eigenvalue weighted by molar-refractivity contribution is 0.0687. The smallest absolute Gasteiger partial charge is 0.358 e. The quantitative estimate of drug-likeness (QED) is 0.836. The first-order chi connectivity index (χ1) is 7.79.